The fraction of sp³-hybridized carbons (Fsp3) is 0.600. The van der Waals surface area contributed by atoms with Crippen LogP contribution >= 0.6 is 11.8 Å². The second-order valence-electron chi connectivity index (χ2n) is 5.17. The predicted molar refractivity (Wildman–Crippen MR) is 81.9 cm³/mol. The van der Waals surface area contributed by atoms with E-state index in [1.165, 1.54) is 0 Å². The third-order valence-electron chi connectivity index (χ3n) is 2.96. The summed E-state index contributed by atoms with van der Waals surface area (Å²) in [6, 6.07) is 6.51. The molecule has 0 fully saturated rings. The smallest absolute Gasteiger partial charge is 0.162 e. The van der Waals surface area contributed by atoms with E-state index in [4.69, 9.17) is 9.47 Å². The molecular weight excluding hydrogens is 274 g/mol. The van der Waals surface area contributed by atoms with Gasteiger partial charge >= 0.3 is 0 Å². The molecule has 0 saturated carbocycles. The van der Waals surface area contributed by atoms with E-state index < -0.39 is 0 Å². The molecule has 5 heteroatoms. The first-order valence-corrected chi connectivity index (χ1v) is 8.07. The van der Waals surface area contributed by atoms with Crippen LogP contribution < -0.4 is 14.8 Å². The molecule has 1 aliphatic rings. The van der Waals surface area contributed by atoms with Gasteiger partial charge in [-0.3, -0.25) is 0 Å². The molecule has 1 aromatic rings. The van der Waals surface area contributed by atoms with Gasteiger partial charge in [-0.2, -0.15) is 0 Å². The van der Waals surface area contributed by atoms with E-state index in [1.807, 2.05) is 18.2 Å². The predicted octanol–water partition coefficient (Wildman–Crippen LogP) is 2.30. The van der Waals surface area contributed by atoms with Gasteiger partial charge in [-0.25, -0.2) is 0 Å². The molecule has 0 aliphatic carbocycles. The average molecular weight is 297 g/mol. The van der Waals surface area contributed by atoms with Crippen molar-refractivity contribution in [2.75, 3.05) is 25.6 Å². The van der Waals surface area contributed by atoms with Gasteiger partial charge < -0.3 is 19.9 Å². The number of hydrogen-bond acceptors (Lipinski definition) is 5. The molecule has 0 spiro atoms. The van der Waals surface area contributed by atoms with Crippen molar-refractivity contribution in [2.45, 2.75) is 37.2 Å². The summed E-state index contributed by atoms with van der Waals surface area (Å²) in [6.07, 6.45) is 0.919. The maximum Gasteiger partial charge on any atom is 0.162 e. The van der Waals surface area contributed by atoms with Crippen LogP contribution in [0, 0.1) is 0 Å². The van der Waals surface area contributed by atoms with Crippen LogP contribution in [0.5, 0.6) is 11.5 Å². The van der Waals surface area contributed by atoms with Gasteiger partial charge in [0.1, 0.15) is 0 Å². The van der Waals surface area contributed by atoms with E-state index in [1.54, 1.807) is 11.8 Å². The molecule has 1 unspecified atom stereocenters. The Balaban J connectivity index is 1.94. The molecule has 2 rings (SSSR count). The lowest BCUT2D eigenvalue weighted by Crippen LogP contribution is -2.39. The standard InChI is InChI=1S/C15H23NO3S/c1-11(2)16-12(9-17)10-20-13-4-5-14-15(8-13)19-7-3-6-18-14/h4-5,8,11-12,16-17H,3,6-7,9-10H2,1-2H3. The Hall–Kier alpha value is -0.910. The highest BCUT2D eigenvalue weighted by atomic mass is 32.2. The SMILES string of the molecule is CC(C)NC(CO)CSc1ccc2c(c1)OCCCO2. The van der Waals surface area contributed by atoms with Crippen molar-refractivity contribution < 1.29 is 14.6 Å². The second-order valence-corrected chi connectivity index (χ2v) is 6.26. The number of hydrogen-bond donors (Lipinski definition) is 2. The minimum atomic E-state index is 0.107. The summed E-state index contributed by atoms with van der Waals surface area (Å²) in [5.74, 6) is 2.48. The first-order chi connectivity index (χ1) is 9.69. The first kappa shape index (κ1) is 15.5. The summed E-state index contributed by atoms with van der Waals surface area (Å²) in [7, 11) is 0. The van der Waals surface area contributed by atoms with Crippen LogP contribution in [-0.4, -0.2) is 42.8 Å². The fourth-order valence-electron chi connectivity index (χ4n) is 2.06. The summed E-state index contributed by atoms with van der Waals surface area (Å²) < 4.78 is 11.3. The van der Waals surface area contributed by atoms with Crippen molar-refractivity contribution in [3.63, 3.8) is 0 Å². The molecule has 1 aromatic carbocycles. The Morgan fingerprint density at radius 1 is 1.25 bits per heavy atom. The first-order valence-electron chi connectivity index (χ1n) is 7.08. The van der Waals surface area contributed by atoms with Crippen LogP contribution in [0.1, 0.15) is 20.3 Å². The Morgan fingerprint density at radius 3 is 2.70 bits per heavy atom. The summed E-state index contributed by atoms with van der Waals surface area (Å²) in [5, 5.41) is 12.7. The third-order valence-corrected chi connectivity index (χ3v) is 4.12. The van der Waals surface area contributed by atoms with Gasteiger partial charge in [-0.15, -0.1) is 11.8 Å². The monoisotopic (exact) mass is 297 g/mol. The van der Waals surface area contributed by atoms with Crippen molar-refractivity contribution in [1.82, 2.24) is 5.32 Å². The lowest BCUT2D eigenvalue weighted by atomic mass is 10.3. The molecular formula is C15H23NO3S. The summed E-state index contributed by atoms with van der Waals surface area (Å²) in [4.78, 5) is 1.14. The summed E-state index contributed by atoms with van der Waals surface area (Å²) in [5.41, 5.74) is 0. The molecule has 0 aromatic heterocycles. The van der Waals surface area contributed by atoms with Crippen molar-refractivity contribution in [1.29, 1.82) is 0 Å². The highest BCUT2D eigenvalue weighted by molar-refractivity contribution is 7.99. The maximum absolute atomic E-state index is 9.36. The molecule has 20 heavy (non-hydrogen) atoms. The highest BCUT2D eigenvalue weighted by Gasteiger charge is 2.13. The largest absolute Gasteiger partial charge is 0.490 e. The van der Waals surface area contributed by atoms with Crippen molar-refractivity contribution in [3.8, 4) is 11.5 Å². The molecule has 0 radical (unpaired) electrons. The Kier molecular flexibility index (Phi) is 6.01. The minimum Gasteiger partial charge on any atom is -0.490 e. The van der Waals surface area contributed by atoms with Crippen molar-refractivity contribution in [2.24, 2.45) is 0 Å². The van der Waals surface area contributed by atoms with Gasteiger partial charge in [-0.05, 0) is 18.2 Å². The molecule has 112 valence electrons. The van der Waals surface area contributed by atoms with E-state index >= 15 is 0 Å². The number of thioether (sulfide) groups is 1. The van der Waals surface area contributed by atoms with Crippen LogP contribution in [0.25, 0.3) is 0 Å². The lowest BCUT2D eigenvalue weighted by Gasteiger charge is -2.18. The van der Waals surface area contributed by atoms with Crippen LogP contribution in [-0.2, 0) is 0 Å². The number of benzene rings is 1. The van der Waals surface area contributed by atoms with Gasteiger partial charge in [0.2, 0.25) is 0 Å². The molecule has 1 aliphatic heterocycles. The third kappa shape index (κ3) is 4.58. The normalized spacial score (nSPS) is 16.0. The number of aliphatic hydroxyl groups excluding tert-OH is 1. The average Bonchev–Trinajstić information content (AvgIpc) is 2.67. The van der Waals surface area contributed by atoms with Crippen LogP contribution in [0.4, 0.5) is 0 Å². The van der Waals surface area contributed by atoms with Crippen LogP contribution in [0.2, 0.25) is 0 Å². The summed E-state index contributed by atoms with van der Waals surface area (Å²) >= 11 is 1.72. The molecule has 2 N–H and O–H groups in total. The second kappa shape index (κ2) is 7.76. The van der Waals surface area contributed by atoms with Gasteiger partial charge in [-0.1, -0.05) is 13.8 Å². The number of fused-ring (bicyclic) bond motifs is 1. The van der Waals surface area contributed by atoms with Crippen molar-refractivity contribution >= 4 is 11.8 Å². The number of ether oxygens (including phenoxy) is 2. The van der Waals surface area contributed by atoms with E-state index in [2.05, 4.69) is 19.2 Å². The topological polar surface area (TPSA) is 50.7 Å². The number of rotatable bonds is 6. The van der Waals surface area contributed by atoms with E-state index in [0.717, 1.165) is 28.6 Å². The summed E-state index contributed by atoms with van der Waals surface area (Å²) in [6.45, 7) is 5.73. The van der Waals surface area contributed by atoms with Gasteiger partial charge in [0, 0.05) is 29.2 Å². The van der Waals surface area contributed by atoms with Crippen LogP contribution in [0.3, 0.4) is 0 Å². The highest BCUT2D eigenvalue weighted by Crippen LogP contribution is 2.34. The number of nitrogens with one attached hydrogen (secondary N) is 1. The Bertz CT molecular complexity index is 426. The molecule has 0 bridgehead atoms. The number of aliphatic hydroxyl groups is 1. The van der Waals surface area contributed by atoms with Gasteiger partial charge in [0.05, 0.1) is 19.8 Å². The van der Waals surface area contributed by atoms with Gasteiger partial charge in [0.15, 0.2) is 11.5 Å². The molecule has 1 heterocycles. The Morgan fingerprint density at radius 2 is 2.00 bits per heavy atom. The van der Waals surface area contributed by atoms with Gasteiger partial charge in [0.25, 0.3) is 0 Å². The molecule has 4 nitrogen and oxygen atoms in total. The minimum absolute atomic E-state index is 0.107. The molecule has 1 atom stereocenters. The quantitative estimate of drug-likeness (QED) is 0.789. The van der Waals surface area contributed by atoms with Crippen molar-refractivity contribution in [3.05, 3.63) is 18.2 Å². The Labute approximate surface area is 124 Å². The zero-order valence-electron chi connectivity index (χ0n) is 12.1. The molecule has 0 amide bonds. The zero-order valence-corrected chi connectivity index (χ0v) is 12.9. The lowest BCUT2D eigenvalue weighted by molar-refractivity contribution is 0.247. The van der Waals surface area contributed by atoms with E-state index in [9.17, 15) is 5.11 Å². The van der Waals surface area contributed by atoms with E-state index in [-0.39, 0.29) is 12.6 Å². The van der Waals surface area contributed by atoms with Crippen LogP contribution in [0.15, 0.2) is 23.1 Å². The molecule has 0 saturated heterocycles. The maximum atomic E-state index is 9.36. The zero-order chi connectivity index (χ0) is 14.4. The van der Waals surface area contributed by atoms with E-state index in [0.29, 0.717) is 19.3 Å². The fourth-order valence-corrected chi connectivity index (χ4v) is 3.01.